The van der Waals surface area contributed by atoms with E-state index in [0.29, 0.717) is 6.04 Å². The first kappa shape index (κ1) is 16.8. The van der Waals surface area contributed by atoms with Gasteiger partial charge in [-0.2, -0.15) is 0 Å². The summed E-state index contributed by atoms with van der Waals surface area (Å²) in [4.78, 5) is 0. The average Bonchev–Trinajstić information content (AvgIpc) is 3.18. The molecular formula is C24H23BO2S. The van der Waals surface area contributed by atoms with Gasteiger partial charge >= 0.3 is 7.12 Å². The lowest BCUT2D eigenvalue weighted by atomic mass is 9.78. The Morgan fingerprint density at radius 1 is 0.821 bits per heavy atom. The minimum atomic E-state index is -0.355. The first-order valence-electron chi connectivity index (χ1n) is 10.1. The maximum absolute atomic E-state index is 8.35. The molecule has 4 aromatic rings. The minimum Gasteiger partial charge on any atom is -0.399 e. The van der Waals surface area contributed by atoms with Gasteiger partial charge in [-0.1, -0.05) is 54.6 Å². The Bertz CT molecular complexity index is 1210. The van der Waals surface area contributed by atoms with Crippen molar-refractivity contribution in [2.24, 2.45) is 0 Å². The van der Waals surface area contributed by atoms with Crippen LogP contribution in [-0.4, -0.2) is 18.3 Å². The molecule has 0 N–H and O–H groups in total. The molecular weight excluding hydrogens is 363 g/mol. The van der Waals surface area contributed by atoms with Gasteiger partial charge in [-0.3, -0.25) is 0 Å². The van der Waals surface area contributed by atoms with E-state index in [1.165, 1.54) is 15.5 Å². The van der Waals surface area contributed by atoms with Gasteiger partial charge in [-0.05, 0) is 56.4 Å². The average molecular weight is 387 g/mol. The summed E-state index contributed by atoms with van der Waals surface area (Å²) in [7, 11) is -0.355. The Balaban J connectivity index is 1.58. The van der Waals surface area contributed by atoms with Crippen LogP contribution in [-0.2, 0) is 9.31 Å². The van der Waals surface area contributed by atoms with Crippen LogP contribution in [0.15, 0.2) is 66.7 Å². The van der Waals surface area contributed by atoms with Crippen LogP contribution in [0.25, 0.3) is 31.3 Å². The molecule has 4 heteroatoms. The van der Waals surface area contributed by atoms with Gasteiger partial charge < -0.3 is 9.31 Å². The third-order valence-corrected chi connectivity index (χ3v) is 7.18. The van der Waals surface area contributed by atoms with Crippen LogP contribution in [0.4, 0.5) is 0 Å². The summed E-state index contributed by atoms with van der Waals surface area (Å²) in [6.45, 7) is 8.29. The SMILES string of the molecule is [2H]c1ccc(-c2ccc(B3OC(C)(C)C(C)(C)O3)cc2)c2c1sc1ccccc12. The summed E-state index contributed by atoms with van der Waals surface area (Å²) in [5.74, 6) is 0. The Morgan fingerprint density at radius 2 is 1.50 bits per heavy atom. The normalized spacial score (nSPS) is 18.7. The van der Waals surface area contributed by atoms with Crippen molar-refractivity contribution in [1.29, 1.82) is 0 Å². The molecule has 0 radical (unpaired) electrons. The molecule has 2 nitrogen and oxygen atoms in total. The van der Waals surface area contributed by atoms with E-state index in [4.69, 9.17) is 10.7 Å². The lowest BCUT2D eigenvalue weighted by Crippen LogP contribution is -2.41. The largest absolute Gasteiger partial charge is 0.494 e. The van der Waals surface area contributed by atoms with E-state index in [9.17, 15) is 0 Å². The van der Waals surface area contributed by atoms with Crippen LogP contribution in [0, 0.1) is 0 Å². The highest BCUT2D eigenvalue weighted by molar-refractivity contribution is 7.25. The van der Waals surface area contributed by atoms with Gasteiger partial charge in [0.05, 0.1) is 12.6 Å². The van der Waals surface area contributed by atoms with Crippen molar-refractivity contribution in [3.05, 3.63) is 66.7 Å². The van der Waals surface area contributed by atoms with E-state index in [1.54, 1.807) is 11.3 Å². The Labute approximate surface area is 171 Å². The third kappa shape index (κ3) is 2.71. The van der Waals surface area contributed by atoms with Crippen molar-refractivity contribution in [1.82, 2.24) is 0 Å². The molecule has 0 saturated carbocycles. The van der Waals surface area contributed by atoms with E-state index in [2.05, 4.69) is 82.3 Å². The lowest BCUT2D eigenvalue weighted by Gasteiger charge is -2.32. The maximum Gasteiger partial charge on any atom is 0.494 e. The second-order valence-electron chi connectivity index (χ2n) is 8.40. The van der Waals surface area contributed by atoms with Crippen LogP contribution in [0.1, 0.15) is 29.1 Å². The Kier molecular flexibility index (Phi) is 3.71. The molecule has 0 spiro atoms. The number of thiophene rings is 1. The first-order chi connectivity index (χ1) is 13.8. The monoisotopic (exact) mass is 387 g/mol. The molecule has 28 heavy (non-hydrogen) atoms. The van der Waals surface area contributed by atoms with E-state index < -0.39 is 0 Å². The highest BCUT2D eigenvalue weighted by atomic mass is 32.1. The number of fused-ring (bicyclic) bond motifs is 3. The predicted octanol–water partition coefficient (Wildman–Crippen LogP) is 6.02. The van der Waals surface area contributed by atoms with E-state index in [0.717, 1.165) is 21.3 Å². The smallest absolute Gasteiger partial charge is 0.399 e. The highest BCUT2D eigenvalue weighted by Gasteiger charge is 2.51. The van der Waals surface area contributed by atoms with Crippen molar-refractivity contribution in [3.63, 3.8) is 0 Å². The molecule has 2 heterocycles. The highest BCUT2D eigenvalue weighted by Crippen LogP contribution is 2.40. The molecule has 5 rings (SSSR count). The number of hydrogen-bond acceptors (Lipinski definition) is 3. The predicted molar refractivity (Wildman–Crippen MR) is 120 cm³/mol. The Hall–Kier alpha value is -2.14. The molecule has 3 aromatic carbocycles. The zero-order valence-corrected chi connectivity index (χ0v) is 17.4. The molecule has 0 amide bonds. The van der Waals surface area contributed by atoms with Crippen LogP contribution < -0.4 is 5.46 Å². The molecule has 1 aromatic heterocycles. The van der Waals surface area contributed by atoms with E-state index in [1.807, 2.05) is 6.07 Å². The molecule has 140 valence electrons. The van der Waals surface area contributed by atoms with Crippen molar-refractivity contribution in [2.45, 2.75) is 38.9 Å². The fraction of sp³-hybridized carbons (Fsp3) is 0.250. The van der Waals surface area contributed by atoms with Gasteiger partial charge in [0.1, 0.15) is 0 Å². The van der Waals surface area contributed by atoms with E-state index >= 15 is 0 Å². The third-order valence-electron chi connectivity index (χ3n) is 6.08. The number of rotatable bonds is 2. The topological polar surface area (TPSA) is 18.5 Å². The van der Waals surface area contributed by atoms with Gasteiger partial charge in [0.2, 0.25) is 0 Å². The summed E-state index contributed by atoms with van der Waals surface area (Å²) >= 11 is 1.69. The lowest BCUT2D eigenvalue weighted by molar-refractivity contribution is 0.00578. The summed E-state index contributed by atoms with van der Waals surface area (Å²) < 4.78 is 23.0. The molecule has 1 fully saturated rings. The second-order valence-corrected chi connectivity index (χ2v) is 9.46. The summed E-state index contributed by atoms with van der Waals surface area (Å²) in [5, 5.41) is 2.38. The first-order valence-corrected chi connectivity index (χ1v) is 10.5. The number of hydrogen-bond donors (Lipinski definition) is 0. The minimum absolute atomic E-state index is 0.345. The molecule has 0 unspecified atom stereocenters. The van der Waals surface area contributed by atoms with Crippen molar-refractivity contribution < 1.29 is 10.7 Å². The fourth-order valence-electron chi connectivity index (χ4n) is 3.74. The molecule has 1 aliphatic rings. The zero-order valence-electron chi connectivity index (χ0n) is 17.6. The molecule has 1 aliphatic heterocycles. The van der Waals surface area contributed by atoms with Gasteiger partial charge in [0, 0.05) is 20.2 Å². The molecule has 0 aliphatic carbocycles. The Morgan fingerprint density at radius 3 is 2.21 bits per heavy atom. The van der Waals surface area contributed by atoms with Gasteiger partial charge in [0.25, 0.3) is 0 Å². The van der Waals surface area contributed by atoms with Crippen molar-refractivity contribution >= 4 is 44.1 Å². The summed E-state index contributed by atoms with van der Waals surface area (Å²) in [6, 6.07) is 21.4. The number of benzene rings is 3. The van der Waals surface area contributed by atoms with Crippen molar-refractivity contribution in [3.8, 4) is 11.1 Å². The van der Waals surface area contributed by atoms with Crippen LogP contribution in [0.3, 0.4) is 0 Å². The standard InChI is InChI=1S/C24H23BO2S/c1-23(2)24(3,4)27-25(26-23)17-14-12-16(13-15-17)18-9-7-11-21-22(18)19-8-5-6-10-20(19)28-21/h5-15H,1-4H3/i11D. The zero-order chi connectivity index (χ0) is 20.4. The van der Waals surface area contributed by atoms with Crippen LogP contribution in [0.5, 0.6) is 0 Å². The van der Waals surface area contributed by atoms with Gasteiger partial charge in [-0.25, -0.2) is 0 Å². The van der Waals surface area contributed by atoms with Gasteiger partial charge in [-0.15, -0.1) is 11.3 Å². The van der Waals surface area contributed by atoms with E-state index in [-0.39, 0.29) is 18.3 Å². The summed E-state index contributed by atoms with van der Waals surface area (Å²) in [5.41, 5.74) is 2.63. The van der Waals surface area contributed by atoms with Crippen LogP contribution >= 0.6 is 11.3 Å². The maximum atomic E-state index is 8.35. The molecule has 0 bridgehead atoms. The van der Waals surface area contributed by atoms with Crippen molar-refractivity contribution in [2.75, 3.05) is 0 Å². The fourth-order valence-corrected chi connectivity index (χ4v) is 4.83. The van der Waals surface area contributed by atoms with Gasteiger partial charge in [0.15, 0.2) is 0 Å². The molecule has 1 saturated heterocycles. The quantitative estimate of drug-likeness (QED) is 0.392. The molecule has 0 atom stereocenters. The second kappa shape index (κ2) is 6.18. The summed E-state index contributed by atoms with van der Waals surface area (Å²) in [6.07, 6.45) is 0. The van der Waals surface area contributed by atoms with Crippen LogP contribution in [0.2, 0.25) is 0 Å².